The molecule has 0 bridgehead atoms. The summed E-state index contributed by atoms with van der Waals surface area (Å²) < 4.78 is 14.9. The second-order valence-electron chi connectivity index (χ2n) is 13.4. The zero-order valence-corrected chi connectivity index (χ0v) is 28.5. The fourth-order valence-electron chi connectivity index (χ4n) is 5.71. The molecule has 0 radical (unpaired) electrons. The van der Waals surface area contributed by atoms with Crippen molar-refractivity contribution in [1.29, 1.82) is 0 Å². The van der Waals surface area contributed by atoms with E-state index in [2.05, 4.69) is 60.9 Å². The van der Waals surface area contributed by atoms with Gasteiger partial charge in [-0.2, -0.15) is 0 Å². The molecule has 0 saturated heterocycles. The van der Waals surface area contributed by atoms with Gasteiger partial charge in [0, 0.05) is 31.0 Å². The highest BCUT2D eigenvalue weighted by Crippen LogP contribution is 2.37. The first-order valence-electron chi connectivity index (χ1n) is 16.1. The summed E-state index contributed by atoms with van der Waals surface area (Å²) >= 11 is 1.25. The fraction of sp³-hybridized carbons (Fsp3) is 0.556. The highest BCUT2D eigenvalue weighted by Gasteiger charge is 2.30. The minimum Gasteiger partial charge on any atom is -0.491 e. The lowest BCUT2D eigenvalue weighted by molar-refractivity contribution is -0.123. The molecule has 0 aromatic heterocycles. The quantitative estimate of drug-likeness (QED) is 0.202. The number of likely N-dealkylation sites (N-methyl/N-ethyl adjacent to an activating group) is 1. The van der Waals surface area contributed by atoms with Crippen LogP contribution in [0.4, 0.5) is 10.5 Å². The molecule has 0 spiro atoms. The molecule has 2 atom stereocenters. The molecule has 4 rings (SSSR count). The topological polar surface area (TPSA) is 71.1 Å². The summed E-state index contributed by atoms with van der Waals surface area (Å²) in [6, 6.07) is 12.1. The van der Waals surface area contributed by atoms with Gasteiger partial charge in [0.25, 0.3) is 5.91 Å². The normalized spacial score (nSPS) is 17.7. The Hall–Kier alpha value is -3.13. The van der Waals surface area contributed by atoms with Crippen molar-refractivity contribution in [1.82, 2.24) is 9.62 Å². The van der Waals surface area contributed by atoms with Crippen molar-refractivity contribution in [3.63, 3.8) is 0 Å². The molecule has 2 amide bonds. The molecular formula is C36H51N3O4S. The number of rotatable bonds is 11. The van der Waals surface area contributed by atoms with Crippen LogP contribution in [-0.2, 0) is 16.0 Å². The maximum atomic E-state index is 13.3. The van der Waals surface area contributed by atoms with E-state index >= 15 is 0 Å². The summed E-state index contributed by atoms with van der Waals surface area (Å²) in [5.74, 6) is 1.59. The van der Waals surface area contributed by atoms with Gasteiger partial charge < -0.3 is 14.4 Å². The lowest BCUT2D eigenvalue weighted by Crippen LogP contribution is -2.48. The van der Waals surface area contributed by atoms with Crippen LogP contribution >= 0.6 is 11.9 Å². The predicted molar refractivity (Wildman–Crippen MR) is 181 cm³/mol. The molecule has 1 aliphatic carbocycles. The van der Waals surface area contributed by atoms with Crippen molar-refractivity contribution >= 4 is 29.6 Å². The van der Waals surface area contributed by atoms with Gasteiger partial charge in [0.05, 0.1) is 12.3 Å². The third kappa shape index (κ3) is 9.19. The molecule has 8 heteroatoms. The Balaban J connectivity index is 1.40. The van der Waals surface area contributed by atoms with Crippen molar-refractivity contribution < 1.29 is 19.1 Å². The number of benzene rings is 2. The molecule has 44 heavy (non-hydrogen) atoms. The van der Waals surface area contributed by atoms with E-state index < -0.39 is 17.7 Å². The Kier molecular flexibility index (Phi) is 11.7. The van der Waals surface area contributed by atoms with Crippen LogP contribution in [0, 0.1) is 12.8 Å². The minimum atomic E-state index is -0.704. The SMILES string of the molecule is CCCc1cc(C)ccc1C1COc2ccc(SNC(=O)[C@@H](C)N(C/C=C/CC3CCC3)C(=O)OC(C)(C)C)cc2N(C)C1. The van der Waals surface area contributed by atoms with Crippen molar-refractivity contribution in [3.05, 3.63) is 65.2 Å². The Bertz CT molecular complexity index is 1320. The van der Waals surface area contributed by atoms with Crippen LogP contribution in [0.25, 0.3) is 0 Å². The van der Waals surface area contributed by atoms with Gasteiger partial charge in [0.1, 0.15) is 17.4 Å². The lowest BCUT2D eigenvalue weighted by atomic mass is 9.83. The van der Waals surface area contributed by atoms with Crippen LogP contribution in [-0.4, -0.2) is 55.3 Å². The van der Waals surface area contributed by atoms with Gasteiger partial charge >= 0.3 is 6.09 Å². The molecule has 2 aromatic rings. The molecule has 240 valence electrons. The lowest BCUT2D eigenvalue weighted by Gasteiger charge is -2.30. The van der Waals surface area contributed by atoms with Crippen LogP contribution in [0.2, 0.25) is 0 Å². The third-order valence-electron chi connectivity index (χ3n) is 8.44. The molecule has 1 fully saturated rings. The summed E-state index contributed by atoms with van der Waals surface area (Å²) in [6.07, 6.45) is 10.6. The number of ether oxygens (including phenoxy) is 2. The van der Waals surface area contributed by atoms with Gasteiger partial charge in [-0.15, -0.1) is 0 Å². The maximum absolute atomic E-state index is 13.3. The molecule has 1 N–H and O–H groups in total. The number of nitrogens with zero attached hydrogens (tertiary/aromatic N) is 2. The zero-order chi connectivity index (χ0) is 31.9. The van der Waals surface area contributed by atoms with Gasteiger partial charge in [0.2, 0.25) is 0 Å². The fourth-order valence-corrected chi connectivity index (χ4v) is 6.41. The number of hydrogen-bond acceptors (Lipinski definition) is 6. The summed E-state index contributed by atoms with van der Waals surface area (Å²) in [4.78, 5) is 31.0. The third-order valence-corrected chi connectivity index (χ3v) is 9.23. The van der Waals surface area contributed by atoms with E-state index in [1.54, 1.807) is 6.92 Å². The number of carbonyl (C=O) groups excluding carboxylic acids is 2. The van der Waals surface area contributed by atoms with Gasteiger partial charge in [-0.3, -0.25) is 14.4 Å². The van der Waals surface area contributed by atoms with E-state index in [0.717, 1.165) is 48.1 Å². The molecular weight excluding hydrogens is 570 g/mol. The van der Waals surface area contributed by atoms with Crippen molar-refractivity contribution in [2.45, 2.75) is 103 Å². The Morgan fingerprint density at radius 3 is 2.64 bits per heavy atom. The van der Waals surface area contributed by atoms with Crippen LogP contribution in [0.1, 0.15) is 89.3 Å². The van der Waals surface area contributed by atoms with E-state index in [0.29, 0.717) is 13.2 Å². The van der Waals surface area contributed by atoms with E-state index in [1.807, 2.05) is 39.0 Å². The summed E-state index contributed by atoms with van der Waals surface area (Å²) in [5.41, 5.74) is 4.40. The van der Waals surface area contributed by atoms with Gasteiger partial charge in [-0.05, 0) is 94.7 Å². The van der Waals surface area contributed by atoms with Crippen molar-refractivity contribution in [2.24, 2.45) is 5.92 Å². The first-order chi connectivity index (χ1) is 20.9. The Labute approximate surface area is 268 Å². The molecule has 1 aliphatic heterocycles. The number of allylic oxidation sites excluding steroid dienone is 1. The largest absolute Gasteiger partial charge is 0.491 e. The first kappa shape index (κ1) is 33.8. The summed E-state index contributed by atoms with van der Waals surface area (Å²) in [7, 11) is 2.10. The number of carbonyl (C=O) groups is 2. The molecule has 2 aliphatic rings. The standard InChI is InChI=1S/C36H51N3O4S/c1-8-12-28-21-25(2)16-18-31(28)29-23-38(7)32-22-30(17-19-33(32)42-24-29)44-37-34(40)26(3)39(35(41)43-36(4,5)6)20-10-9-13-27-14-11-15-27/h9-10,16-19,21-22,26-27,29H,8,11-15,20,23-24H2,1-7H3,(H,37,40)/b10-9+/t26-,29?/m1/s1. The molecule has 7 nitrogen and oxygen atoms in total. The highest BCUT2D eigenvalue weighted by molar-refractivity contribution is 7.98. The summed E-state index contributed by atoms with van der Waals surface area (Å²) in [5, 5.41) is 0. The monoisotopic (exact) mass is 621 g/mol. The van der Waals surface area contributed by atoms with E-state index in [-0.39, 0.29) is 11.8 Å². The average molecular weight is 622 g/mol. The number of anilines is 1. The van der Waals surface area contributed by atoms with Crippen LogP contribution in [0.3, 0.4) is 0 Å². The van der Waals surface area contributed by atoms with Crippen LogP contribution in [0.15, 0.2) is 53.4 Å². The highest BCUT2D eigenvalue weighted by atomic mass is 32.2. The minimum absolute atomic E-state index is 0.254. The maximum Gasteiger partial charge on any atom is 0.411 e. The van der Waals surface area contributed by atoms with Crippen LogP contribution < -0.4 is 14.4 Å². The second-order valence-corrected chi connectivity index (χ2v) is 14.2. The number of aryl methyl sites for hydroxylation is 2. The van der Waals surface area contributed by atoms with Gasteiger partial charge in [0.15, 0.2) is 0 Å². The smallest absolute Gasteiger partial charge is 0.411 e. The van der Waals surface area contributed by atoms with E-state index in [4.69, 9.17) is 9.47 Å². The number of hydrogen-bond donors (Lipinski definition) is 1. The van der Waals surface area contributed by atoms with Crippen molar-refractivity contribution in [2.75, 3.05) is 31.6 Å². The first-order valence-corrected chi connectivity index (χ1v) is 17.0. The average Bonchev–Trinajstić information content (AvgIpc) is 3.10. The van der Waals surface area contributed by atoms with Crippen LogP contribution in [0.5, 0.6) is 5.75 Å². The molecule has 1 saturated carbocycles. The molecule has 1 unspecified atom stereocenters. The Morgan fingerprint density at radius 2 is 1.95 bits per heavy atom. The molecule has 1 heterocycles. The van der Waals surface area contributed by atoms with E-state index in [1.165, 1.54) is 52.8 Å². The molecule has 2 aromatic carbocycles. The summed E-state index contributed by atoms with van der Waals surface area (Å²) in [6.45, 7) is 13.4. The number of amides is 2. The second kappa shape index (κ2) is 15.2. The zero-order valence-electron chi connectivity index (χ0n) is 27.7. The predicted octanol–water partition coefficient (Wildman–Crippen LogP) is 8.06. The van der Waals surface area contributed by atoms with Crippen molar-refractivity contribution in [3.8, 4) is 5.75 Å². The number of fused-ring (bicyclic) bond motifs is 1. The Morgan fingerprint density at radius 1 is 1.18 bits per heavy atom. The number of nitrogens with one attached hydrogen (secondary N) is 1. The van der Waals surface area contributed by atoms with E-state index in [9.17, 15) is 9.59 Å². The van der Waals surface area contributed by atoms with Gasteiger partial charge in [-0.25, -0.2) is 4.79 Å². The van der Waals surface area contributed by atoms with Gasteiger partial charge in [-0.1, -0.05) is 68.5 Å².